The van der Waals surface area contributed by atoms with Crippen molar-refractivity contribution in [2.45, 2.75) is 72.1 Å². The Hall–Kier alpha value is -3.88. The lowest BCUT2D eigenvalue weighted by molar-refractivity contribution is -0.143. The molecule has 2 atom stereocenters. The summed E-state index contributed by atoms with van der Waals surface area (Å²) in [5.74, 6) is -1.33. The summed E-state index contributed by atoms with van der Waals surface area (Å²) >= 11 is 0. The molecule has 2 unspecified atom stereocenters. The standard InChI is InChI=1S/C30H41N3O6/c1-8-38-25(34)16-17-31-27(35)26(23-15-14-20(2)18-21(23)3)33(7)28(36)24(19-22-12-10-9-11-13-22)32-29(37)39-30(4,5)6/h9-15,18,24,26H,8,16-17,19H2,1-7H3,(H,31,35)(H,32,37). The lowest BCUT2D eigenvalue weighted by Crippen LogP contribution is -2.52. The van der Waals surface area contributed by atoms with Crippen molar-refractivity contribution in [3.63, 3.8) is 0 Å². The number of likely N-dealkylation sites (N-methyl/N-ethyl adjacent to an activating group) is 1. The van der Waals surface area contributed by atoms with E-state index in [0.717, 1.165) is 16.7 Å². The van der Waals surface area contributed by atoms with Crippen molar-refractivity contribution in [1.29, 1.82) is 0 Å². The molecule has 212 valence electrons. The maximum atomic E-state index is 13.9. The first-order valence-electron chi connectivity index (χ1n) is 13.1. The van der Waals surface area contributed by atoms with Crippen LogP contribution in [0, 0.1) is 13.8 Å². The predicted octanol–water partition coefficient (Wildman–Crippen LogP) is 4.01. The van der Waals surface area contributed by atoms with Crippen molar-refractivity contribution in [2.24, 2.45) is 0 Å². The number of nitrogens with one attached hydrogen (secondary N) is 2. The molecule has 2 aromatic rings. The molecule has 2 N–H and O–H groups in total. The number of benzene rings is 2. The Balaban J connectivity index is 2.38. The first-order chi connectivity index (χ1) is 18.3. The average Bonchev–Trinajstić information content (AvgIpc) is 2.84. The number of rotatable bonds is 11. The minimum atomic E-state index is -1.00. The highest BCUT2D eigenvalue weighted by atomic mass is 16.6. The molecule has 0 aliphatic rings. The first kappa shape index (κ1) is 31.3. The molecule has 0 saturated carbocycles. The number of alkyl carbamates (subject to hydrolysis) is 1. The summed E-state index contributed by atoms with van der Waals surface area (Å²) < 4.78 is 10.4. The van der Waals surface area contributed by atoms with E-state index in [4.69, 9.17) is 9.47 Å². The minimum absolute atomic E-state index is 0.00761. The highest BCUT2D eigenvalue weighted by molar-refractivity contribution is 5.92. The second kappa shape index (κ2) is 14.3. The van der Waals surface area contributed by atoms with Crippen molar-refractivity contribution in [3.05, 3.63) is 70.8 Å². The van der Waals surface area contributed by atoms with Gasteiger partial charge in [-0.05, 0) is 58.2 Å². The van der Waals surface area contributed by atoms with E-state index in [1.807, 2.05) is 62.4 Å². The first-order valence-corrected chi connectivity index (χ1v) is 13.1. The molecule has 2 aromatic carbocycles. The molecule has 39 heavy (non-hydrogen) atoms. The van der Waals surface area contributed by atoms with Gasteiger partial charge >= 0.3 is 12.1 Å². The van der Waals surface area contributed by atoms with Gasteiger partial charge in [-0.15, -0.1) is 0 Å². The summed E-state index contributed by atoms with van der Waals surface area (Å²) in [6, 6.07) is 12.9. The summed E-state index contributed by atoms with van der Waals surface area (Å²) in [5, 5.41) is 5.46. The van der Waals surface area contributed by atoms with Crippen LogP contribution in [0.2, 0.25) is 0 Å². The Morgan fingerprint density at radius 1 is 1.00 bits per heavy atom. The number of hydrogen-bond acceptors (Lipinski definition) is 6. The van der Waals surface area contributed by atoms with Gasteiger partial charge in [-0.25, -0.2) is 4.79 Å². The van der Waals surface area contributed by atoms with E-state index in [-0.39, 0.29) is 26.0 Å². The van der Waals surface area contributed by atoms with Gasteiger partial charge in [0.25, 0.3) is 0 Å². The average molecular weight is 540 g/mol. The number of carbonyl (C=O) groups is 4. The van der Waals surface area contributed by atoms with Crippen LogP contribution in [0.15, 0.2) is 48.5 Å². The Morgan fingerprint density at radius 2 is 1.67 bits per heavy atom. The smallest absolute Gasteiger partial charge is 0.408 e. The molecular weight excluding hydrogens is 498 g/mol. The Labute approximate surface area is 231 Å². The number of hydrogen-bond donors (Lipinski definition) is 2. The number of nitrogens with zero attached hydrogens (tertiary/aromatic N) is 1. The zero-order chi connectivity index (χ0) is 29.2. The van der Waals surface area contributed by atoms with Crippen molar-refractivity contribution in [3.8, 4) is 0 Å². The molecule has 0 radical (unpaired) electrons. The second-order valence-electron chi connectivity index (χ2n) is 10.4. The van der Waals surface area contributed by atoms with Crippen molar-refractivity contribution in [2.75, 3.05) is 20.2 Å². The normalized spacial score (nSPS) is 12.6. The van der Waals surface area contributed by atoms with Crippen LogP contribution in [0.1, 0.15) is 62.4 Å². The van der Waals surface area contributed by atoms with Gasteiger partial charge in [-0.1, -0.05) is 54.1 Å². The molecule has 3 amide bonds. The zero-order valence-electron chi connectivity index (χ0n) is 24.0. The molecule has 0 aliphatic carbocycles. The predicted molar refractivity (Wildman–Crippen MR) is 149 cm³/mol. The van der Waals surface area contributed by atoms with Crippen molar-refractivity contribution >= 4 is 23.9 Å². The van der Waals surface area contributed by atoms with Crippen LogP contribution in [0.5, 0.6) is 0 Å². The molecule has 2 rings (SSSR count). The van der Waals surface area contributed by atoms with E-state index < -0.39 is 41.6 Å². The van der Waals surface area contributed by atoms with E-state index in [0.29, 0.717) is 5.56 Å². The van der Waals surface area contributed by atoms with Crippen LogP contribution < -0.4 is 10.6 Å². The molecule has 0 heterocycles. The fourth-order valence-corrected chi connectivity index (χ4v) is 4.15. The fraction of sp³-hybridized carbons (Fsp3) is 0.467. The summed E-state index contributed by atoms with van der Waals surface area (Å²) in [6.45, 7) is 11.1. The van der Waals surface area contributed by atoms with Crippen LogP contribution in [0.3, 0.4) is 0 Å². The molecule has 0 aromatic heterocycles. The quantitative estimate of drug-likeness (QED) is 0.417. The van der Waals surface area contributed by atoms with Gasteiger partial charge in [0.1, 0.15) is 17.7 Å². The van der Waals surface area contributed by atoms with Crippen molar-refractivity contribution < 1.29 is 28.7 Å². The van der Waals surface area contributed by atoms with Gasteiger partial charge in [0.2, 0.25) is 11.8 Å². The van der Waals surface area contributed by atoms with E-state index >= 15 is 0 Å². The molecule has 9 nitrogen and oxygen atoms in total. The summed E-state index contributed by atoms with van der Waals surface area (Å²) in [5.41, 5.74) is 2.57. The van der Waals surface area contributed by atoms with Gasteiger partial charge in [0, 0.05) is 20.0 Å². The maximum absolute atomic E-state index is 13.9. The third-order valence-corrected chi connectivity index (χ3v) is 5.91. The number of carbonyl (C=O) groups excluding carboxylic acids is 4. The SMILES string of the molecule is CCOC(=O)CCNC(=O)C(c1ccc(C)cc1C)N(C)C(=O)C(Cc1ccccc1)NC(=O)OC(C)(C)C. The van der Waals surface area contributed by atoms with Crippen molar-refractivity contribution in [1.82, 2.24) is 15.5 Å². The summed E-state index contributed by atoms with van der Waals surface area (Å²) in [4.78, 5) is 53.2. The largest absolute Gasteiger partial charge is 0.466 e. The lowest BCUT2D eigenvalue weighted by atomic mass is 9.96. The monoisotopic (exact) mass is 539 g/mol. The van der Waals surface area contributed by atoms with Crippen LogP contribution >= 0.6 is 0 Å². The van der Waals surface area contributed by atoms with Crippen LogP contribution in [-0.4, -0.2) is 60.6 Å². The highest BCUT2D eigenvalue weighted by Crippen LogP contribution is 2.25. The number of esters is 1. The second-order valence-corrected chi connectivity index (χ2v) is 10.4. The van der Waals surface area contributed by atoms with Crippen LogP contribution in [-0.2, 0) is 30.3 Å². The van der Waals surface area contributed by atoms with Gasteiger partial charge in [-0.3, -0.25) is 14.4 Å². The van der Waals surface area contributed by atoms with Crippen LogP contribution in [0.4, 0.5) is 4.79 Å². The molecule has 0 saturated heterocycles. The topological polar surface area (TPSA) is 114 Å². The molecule has 0 aliphatic heterocycles. The molecule has 0 spiro atoms. The fourth-order valence-electron chi connectivity index (χ4n) is 4.15. The Morgan fingerprint density at radius 3 is 2.26 bits per heavy atom. The highest BCUT2D eigenvalue weighted by Gasteiger charge is 2.35. The molecule has 0 bridgehead atoms. The van der Waals surface area contributed by atoms with Gasteiger partial charge in [0.05, 0.1) is 13.0 Å². The molecule has 9 heteroatoms. The summed E-state index contributed by atoms with van der Waals surface area (Å²) in [7, 11) is 1.53. The maximum Gasteiger partial charge on any atom is 0.408 e. The van der Waals surface area contributed by atoms with E-state index in [1.165, 1.54) is 11.9 Å². The summed E-state index contributed by atoms with van der Waals surface area (Å²) in [6.07, 6.45) is -0.520. The van der Waals surface area contributed by atoms with E-state index in [9.17, 15) is 19.2 Å². The van der Waals surface area contributed by atoms with Gasteiger partial charge in [0.15, 0.2) is 0 Å². The third-order valence-electron chi connectivity index (χ3n) is 5.91. The Kier molecular flexibility index (Phi) is 11.5. The minimum Gasteiger partial charge on any atom is -0.466 e. The lowest BCUT2D eigenvalue weighted by Gasteiger charge is -2.32. The Bertz CT molecular complexity index is 1140. The zero-order valence-corrected chi connectivity index (χ0v) is 24.0. The number of amides is 3. The van der Waals surface area contributed by atoms with E-state index in [2.05, 4.69) is 10.6 Å². The third kappa shape index (κ3) is 10.1. The number of aryl methyl sites for hydroxylation is 2. The van der Waals surface area contributed by atoms with Gasteiger partial charge in [-0.2, -0.15) is 0 Å². The number of ether oxygens (including phenoxy) is 2. The van der Waals surface area contributed by atoms with Gasteiger partial charge < -0.3 is 25.0 Å². The molecule has 0 fully saturated rings. The van der Waals surface area contributed by atoms with E-state index in [1.54, 1.807) is 27.7 Å². The van der Waals surface area contributed by atoms with Crippen LogP contribution in [0.25, 0.3) is 0 Å². The molecular formula is C30H41N3O6.